The summed E-state index contributed by atoms with van der Waals surface area (Å²) in [6.07, 6.45) is 0. The summed E-state index contributed by atoms with van der Waals surface area (Å²) in [4.78, 5) is 9.10. The SMILES string of the molecule is Cc1ccc(O)c(CN=Nc2cc(N3CCOCC3)cc(OCCN3CCOCC3)n2)c1. The van der Waals surface area contributed by atoms with E-state index in [0.717, 1.165) is 62.8 Å². The van der Waals surface area contributed by atoms with Crippen molar-refractivity contribution < 1.29 is 19.3 Å². The lowest BCUT2D eigenvalue weighted by atomic mass is 10.1. The van der Waals surface area contributed by atoms with Gasteiger partial charge in [0.25, 0.3) is 0 Å². The third kappa shape index (κ3) is 6.38. The van der Waals surface area contributed by atoms with Gasteiger partial charge < -0.3 is 24.2 Å². The van der Waals surface area contributed by atoms with Gasteiger partial charge in [-0.25, -0.2) is 0 Å². The lowest BCUT2D eigenvalue weighted by Crippen LogP contribution is -2.38. The molecule has 172 valence electrons. The highest BCUT2D eigenvalue weighted by Crippen LogP contribution is 2.27. The van der Waals surface area contributed by atoms with E-state index in [0.29, 0.717) is 31.5 Å². The van der Waals surface area contributed by atoms with Crippen molar-refractivity contribution in [3.63, 3.8) is 0 Å². The Morgan fingerprint density at radius 2 is 1.78 bits per heavy atom. The first-order chi connectivity index (χ1) is 15.7. The molecule has 2 aliphatic heterocycles. The van der Waals surface area contributed by atoms with E-state index in [-0.39, 0.29) is 12.3 Å². The number of aromatic nitrogens is 1. The van der Waals surface area contributed by atoms with Gasteiger partial charge in [0.05, 0.1) is 33.0 Å². The fourth-order valence-corrected chi connectivity index (χ4v) is 3.74. The zero-order chi connectivity index (χ0) is 22.2. The number of pyridine rings is 1. The fraction of sp³-hybridized carbons (Fsp3) is 0.522. The number of benzene rings is 1. The molecule has 0 amide bonds. The predicted molar refractivity (Wildman–Crippen MR) is 121 cm³/mol. The van der Waals surface area contributed by atoms with E-state index in [4.69, 9.17) is 14.2 Å². The molecule has 2 saturated heterocycles. The Bertz CT molecular complexity index is 911. The molecule has 32 heavy (non-hydrogen) atoms. The van der Waals surface area contributed by atoms with Crippen molar-refractivity contribution in [1.29, 1.82) is 0 Å². The Kier molecular flexibility index (Phi) is 7.87. The van der Waals surface area contributed by atoms with Crippen molar-refractivity contribution in [3.05, 3.63) is 41.5 Å². The van der Waals surface area contributed by atoms with Gasteiger partial charge >= 0.3 is 0 Å². The van der Waals surface area contributed by atoms with Crippen LogP contribution < -0.4 is 9.64 Å². The zero-order valence-corrected chi connectivity index (χ0v) is 18.6. The van der Waals surface area contributed by atoms with Crippen LogP contribution in [0.25, 0.3) is 0 Å². The van der Waals surface area contributed by atoms with E-state index in [9.17, 15) is 5.11 Å². The molecule has 9 nitrogen and oxygen atoms in total. The number of phenols is 1. The van der Waals surface area contributed by atoms with Gasteiger partial charge in [-0.2, -0.15) is 10.1 Å². The van der Waals surface area contributed by atoms with E-state index >= 15 is 0 Å². The molecular formula is C23H31N5O4. The molecule has 9 heteroatoms. The standard InChI is InChI=1S/C23H31N5O4/c1-18-2-3-21(29)19(14-18)17-24-26-22-15-20(28-7-11-31-12-8-28)16-23(25-22)32-13-6-27-4-9-30-10-5-27/h2-3,14-16,29H,4-13,17H2,1H3. The van der Waals surface area contributed by atoms with E-state index in [2.05, 4.69) is 25.0 Å². The number of aromatic hydroxyl groups is 1. The summed E-state index contributed by atoms with van der Waals surface area (Å²) < 4.78 is 16.9. The second-order valence-electron chi connectivity index (χ2n) is 7.96. The molecule has 0 unspecified atom stereocenters. The van der Waals surface area contributed by atoms with Crippen molar-refractivity contribution in [2.24, 2.45) is 10.2 Å². The molecule has 1 N–H and O–H groups in total. The molecule has 0 radical (unpaired) electrons. The third-order valence-corrected chi connectivity index (χ3v) is 5.56. The highest BCUT2D eigenvalue weighted by molar-refractivity contribution is 5.55. The number of hydrogen-bond acceptors (Lipinski definition) is 9. The number of aryl methyl sites for hydroxylation is 1. The topological polar surface area (TPSA) is 92.0 Å². The van der Waals surface area contributed by atoms with E-state index in [1.54, 1.807) is 6.07 Å². The van der Waals surface area contributed by atoms with Crippen LogP contribution in [0, 0.1) is 6.92 Å². The first kappa shape index (κ1) is 22.4. The summed E-state index contributed by atoms with van der Waals surface area (Å²) in [7, 11) is 0. The first-order valence-electron chi connectivity index (χ1n) is 11.1. The predicted octanol–water partition coefficient (Wildman–Crippen LogP) is 2.93. The lowest BCUT2D eigenvalue weighted by molar-refractivity contribution is 0.0320. The van der Waals surface area contributed by atoms with Gasteiger partial charge in [0.15, 0.2) is 5.82 Å². The maximum atomic E-state index is 10.0. The number of rotatable bonds is 8. The molecule has 3 heterocycles. The second kappa shape index (κ2) is 11.2. The Morgan fingerprint density at radius 1 is 1.03 bits per heavy atom. The number of phenolic OH excluding ortho intramolecular Hbond substituents is 1. The van der Waals surface area contributed by atoms with Crippen molar-refractivity contribution in [2.45, 2.75) is 13.5 Å². The Morgan fingerprint density at radius 3 is 2.56 bits per heavy atom. The van der Waals surface area contributed by atoms with E-state index in [1.807, 2.05) is 31.2 Å². The third-order valence-electron chi connectivity index (χ3n) is 5.56. The van der Waals surface area contributed by atoms with Crippen LogP contribution in [-0.4, -0.2) is 80.7 Å². The smallest absolute Gasteiger partial charge is 0.217 e. The molecule has 0 spiro atoms. The molecule has 0 saturated carbocycles. The van der Waals surface area contributed by atoms with E-state index < -0.39 is 0 Å². The van der Waals surface area contributed by atoms with Gasteiger partial charge in [0.1, 0.15) is 12.4 Å². The van der Waals surface area contributed by atoms with Crippen LogP contribution >= 0.6 is 0 Å². The molecule has 1 aromatic heterocycles. The number of azo groups is 1. The largest absolute Gasteiger partial charge is 0.508 e. The van der Waals surface area contributed by atoms with Crippen molar-refractivity contribution >= 4 is 11.5 Å². The minimum absolute atomic E-state index is 0.219. The van der Waals surface area contributed by atoms with Gasteiger partial charge in [0, 0.05) is 56.1 Å². The van der Waals surface area contributed by atoms with Crippen LogP contribution in [0.2, 0.25) is 0 Å². The molecule has 1 aromatic carbocycles. The maximum absolute atomic E-state index is 10.0. The average molecular weight is 442 g/mol. The minimum atomic E-state index is 0.219. The molecule has 4 rings (SSSR count). The Hall–Kier alpha value is -2.75. The lowest BCUT2D eigenvalue weighted by Gasteiger charge is -2.29. The first-order valence-corrected chi connectivity index (χ1v) is 11.1. The molecule has 2 aliphatic rings. The summed E-state index contributed by atoms with van der Waals surface area (Å²) in [6, 6.07) is 9.32. The number of morpholine rings is 2. The zero-order valence-electron chi connectivity index (χ0n) is 18.6. The fourth-order valence-electron chi connectivity index (χ4n) is 3.74. The highest BCUT2D eigenvalue weighted by atomic mass is 16.5. The average Bonchev–Trinajstić information content (AvgIpc) is 2.82. The van der Waals surface area contributed by atoms with Crippen LogP contribution in [0.5, 0.6) is 11.6 Å². The molecule has 2 fully saturated rings. The van der Waals surface area contributed by atoms with Crippen LogP contribution in [0.1, 0.15) is 11.1 Å². The monoisotopic (exact) mass is 441 g/mol. The summed E-state index contributed by atoms with van der Waals surface area (Å²) in [5.74, 6) is 1.24. The molecule has 0 bridgehead atoms. The molecule has 0 aliphatic carbocycles. The number of hydrogen-bond donors (Lipinski definition) is 1. The van der Waals surface area contributed by atoms with Crippen molar-refractivity contribution in [1.82, 2.24) is 9.88 Å². The minimum Gasteiger partial charge on any atom is -0.508 e. The van der Waals surface area contributed by atoms with E-state index in [1.165, 1.54) is 0 Å². The van der Waals surface area contributed by atoms with Crippen molar-refractivity contribution in [3.8, 4) is 11.6 Å². The van der Waals surface area contributed by atoms with Crippen LogP contribution in [0.15, 0.2) is 40.6 Å². The Balaban J connectivity index is 1.45. The second-order valence-corrected chi connectivity index (χ2v) is 7.96. The van der Waals surface area contributed by atoms with Gasteiger partial charge in [-0.1, -0.05) is 17.7 Å². The highest BCUT2D eigenvalue weighted by Gasteiger charge is 2.15. The maximum Gasteiger partial charge on any atom is 0.217 e. The normalized spacial score (nSPS) is 17.7. The summed E-state index contributed by atoms with van der Waals surface area (Å²) in [5, 5.41) is 18.6. The quantitative estimate of drug-likeness (QED) is 0.630. The van der Waals surface area contributed by atoms with Gasteiger partial charge in [0.2, 0.25) is 5.88 Å². The van der Waals surface area contributed by atoms with Gasteiger partial charge in [-0.05, 0) is 13.0 Å². The van der Waals surface area contributed by atoms with Crippen LogP contribution in [0.3, 0.4) is 0 Å². The van der Waals surface area contributed by atoms with Gasteiger partial charge in [-0.3, -0.25) is 4.90 Å². The Labute approximate surface area is 188 Å². The number of ether oxygens (including phenoxy) is 3. The molecule has 0 atom stereocenters. The van der Waals surface area contributed by atoms with Gasteiger partial charge in [-0.15, -0.1) is 5.11 Å². The molecule has 2 aromatic rings. The summed E-state index contributed by atoms with van der Waals surface area (Å²) in [6.45, 7) is 10.0. The number of anilines is 1. The number of nitrogens with zero attached hydrogens (tertiary/aromatic N) is 5. The molecular weight excluding hydrogens is 410 g/mol. The van der Waals surface area contributed by atoms with Crippen LogP contribution in [-0.2, 0) is 16.0 Å². The van der Waals surface area contributed by atoms with Crippen molar-refractivity contribution in [2.75, 3.05) is 70.7 Å². The van der Waals surface area contributed by atoms with Crippen LogP contribution in [0.4, 0.5) is 11.5 Å². The summed E-state index contributed by atoms with van der Waals surface area (Å²) >= 11 is 0. The summed E-state index contributed by atoms with van der Waals surface area (Å²) in [5.41, 5.74) is 2.80.